The lowest BCUT2D eigenvalue weighted by molar-refractivity contribution is -0.453. The van der Waals surface area contributed by atoms with E-state index in [1.807, 2.05) is 0 Å². The van der Waals surface area contributed by atoms with Gasteiger partial charge in [-0.05, 0) is 41.8 Å². The second kappa shape index (κ2) is 14.4. The van der Waals surface area contributed by atoms with Gasteiger partial charge in [-0.25, -0.2) is 4.79 Å². The van der Waals surface area contributed by atoms with Crippen molar-refractivity contribution in [2.75, 3.05) is 13.2 Å². The van der Waals surface area contributed by atoms with Gasteiger partial charge in [-0.15, -0.1) is 0 Å². The lowest BCUT2D eigenvalue weighted by Gasteiger charge is -2.41. The van der Waals surface area contributed by atoms with Gasteiger partial charge in [0, 0.05) is 0 Å². The molecule has 2 aromatic carbocycles. The summed E-state index contributed by atoms with van der Waals surface area (Å²) in [5.41, 5.74) is 0.263. The molecule has 0 unspecified atom stereocenters. The van der Waals surface area contributed by atoms with Crippen LogP contribution in [0, 0.1) is 0 Å². The molecular formula is C29H27F15O3. The van der Waals surface area contributed by atoms with Gasteiger partial charge in [0.15, 0.2) is 6.61 Å². The van der Waals surface area contributed by atoms with Crippen molar-refractivity contribution in [1.29, 1.82) is 0 Å². The van der Waals surface area contributed by atoms with Crippen LogP contribution in [0.5, 0.6) is 5.75 Å². The van der Waals surface area contributed by atoms with Gasteiger partial charge in [0.25, 0.3) is 0 Å². The standard InChI is InChI=1S/C29H27F15O3/c1-2-3-4-5-6-7-16-46-21-14-12-19(13-15-21)18-8-10-20(11-9-18)22(45)47-17-23(30,31)24(32,33)25(34,35)26(36,37)27(38,39)28(40,41)29(42,43)44/h8-15H,2-7,16-17H2,1H3. The predicted molar refractivity (Wildman–Crippen MR) is 137 cm³/mol. The van der Waals surface area contributed by atoms with E-state index in [2.05, 4.69) is 11.7 Å². The molecule has 3 nitrogen and oxygen atoms in total. The smallest absolute Gasteiger partial charge is 0.460 e. The first-order chi connectivity index (χ1) is 21.4. The number of benzene rings is 2. The van der Waals surface area contributed by atoms with Crippen LogP contribution in [0.1, 0.15) is 55.8 Å². The van der Waals surface area contributed by atoms with Crippen molar-refractivity contribution in [2.45, 2.75) is 87.2 Å². The largest absolute Gasteiger partial charge is 0.494 e. The van der Waals surface area contributed by atoms with Crippen LogP contribution in [0.3, 0.4) is 0 Å². The number of esters is 1. The Balaban J connectivity index is 2.09. The zero-order valence-electron chi connectivity index (χ0n) is 24.2. The van der Waals surface area contributed by atoms with Crippen molar-refractivity contribution in [2.24, 2.45) is 0 Å². The van der Waals surface area contributed by atoms with Gasteiger partial charge in [0.1, 0.15) is 5.75 Å². The molecule has 0 atom stereocenters. The summed E-state index contributed by atoms with van der Waals surface area (Å²) in [5.74, 6) is -48.9. The lowest BCUT2D eigenvalue weighted by atomic mass is 9.91. The fourth-order valence-electron chi connectivity index (χ4n) is 3.94. The predicted octanol–water partition coefficient (Wildman–Crippen LogP) is 10.6. The van der Waals surface area contributed by atoms with Gasteiger partial charge in [-0.3, -0.25) is 0 Å². The topological polar surface area (TPSA) is 35.5 Å². The molecule has 0 heterocycles. The van der Waals surface area contributed by atoms with Crippen molar-refractivity contribution in [3.05, 3.63) is 54.1 Å². The maximum Gasteiger partial charge on any atom is 0.460 e. The molecule has 0 fully saturated rings. The molecule has 0 bridgehead atoms. The number of unbranched alkanes of at least 4 members (excludes halogenated alkanes) is 5. The van der Waals surface area contributed by atoms with Crippen LogP contribution < -0.4 is 4.74 Å². The molecule has 266 valence electrons. The van der Waals surface area contributed by atoms with Crippen LogP contribution in [0.2, 0.25) is 0 Å². The minimum absolute atomic E-state index is 0.402. The summed E-state index contributed by atoms with van der Waals surface area (Å²) in [6, 6.07) is 10.6. The van der Waals surface area contributed by atoms with Crippen molar-refractivity contribution < 1.29 is 80.1 Å². The van der Waals surface area contributed by atoms with E-state index in [-0.39, 0.29) is 0 Å². The molecule has 0 aromatic heterocycles. The highest BCUT2D eigenvalue weighted by Gasteiger charge is 2.93. The Morgan fingerprint density at radius 2 is 0.979 bits per heavy atom. The van der Waals surface area contributed by atoms with E-state index >= 15 is 0 Å². The first-order valence-corrected chi connectivity index (χ1v) is 13.7. The molecule has 0 amide bonds. The zero-order valence-corrected chi connectivity index (χ0v) is 24.2. The van der Waals surface area contributed by atoms with Crippen molar-refractivity contribution in [1.82, 2.24) is 0 Å². The van der Waals surface area contributed by atoms with Crippen LogP contribution in [0.15, 0.2) is 48.5 Å². The highest BCUT2D eigenvalue weighted by Crippen LogP contribution is 2.62. The van der Waals surface area contributed by atoms with Gasteiger partial charge in [0.2, 0.25) is 0 Å². The summed E-state index contributed by atoms with van der Waals surface area (Å²) in [6.07, 6.45) is -1.35. The molecule has 0 radical (unpaired) electrons. The molecule has 0 saturated carbocycles. The summed E-state index contributed by atoms with van der Waals surface area (Å²) in [4.78, 5) is 12.1. The molecule has 47 heavy (non-hydrogen) atoms. The summed E-state index contributed by atoms with van der Waals surface area (Å²) >= 11 is 0. The normalized spacial score (nSPS) is 13.9. The Hall–Kier alpha value is -3.34. The van der Waals surface area contributed by atoms with Gasteiger partial charge in [0.05, 0.1) is 12.2 Å². The minimum atomic E-state index is -8.41. The summed E-state index contributed by atoms with van der Waals surface area (Å²) in [7, 11) is 0. The zero-order chi connectivity index (χ0) is 36.1. The second-order valence-corrected chi connectivity index (χ2v) is 10.4. The average Bonchev–Trinajstić information content (AvgIpc) is 2.98. The third-order valence-electron chi connectivity index (χ3n) is 6.85. The van der Waals surface area contributed by atoms with Crippen LogP contribution >= 0.6 is 0 Å². The number of ether oxygens (including phenoxy) is 2. The third kappa shape index (κ3) is 8.04. The average molecular weight is 709 g/mol. The number of carbonyl (C=O) groups excluding carboxylic acids is 1. The van der Waals surface area contributed by atoms with E-state index in [9.17, 15) is 70.7 Å². The summed E-state index contributed by atoms with van der Waals surface area (Å²) < 4.78 is 209. The third-order valence-corrected chi connectivity index (χ3v) is 6.85. The fraction of sp³-hybridized carbons (Fsp3) is 0.552. The fourth-order valence-corrected chi connectivity index (χ4v) is 3.94. The molecule has 18 heteroatoms. The molecule has 0 aliphatic carbocycles. The van der Waals surface area contributed by atoms with Gasteiger partial charge < -0.3 is 9.47 Å². The molecule has 0 N–H and O–H groups in total. The number of rotatable bonds is 17. The number of hydrogen-bond acceptors (Lipinski definition) is 3. The molecule has 2 aromatic rings. The highest BCUT2D eigenvalue weighted by atomic mass is 19.4. The van der Waals surface area contributed by atoms with E-state index in [1.54, 1.807) is 24.3 Å². The monoisotopic (exact) mass is 708 g/mol. The van der Waals surface area contributed by atoms with Crippen molar-refractivity contribution >= 4 is 5.97 Å². The number of carbonyl (C=O) groups is 1. The van der Waals surface area contributed by atoms with Crippen molar-refractivity contribution in [3.8, 4) is 16.9 Å². The van der Waals surface area contributed by atoms with E-state index in [1.165, 1.54) is 12.1 Å². The van der Waals surface area contributed by atoms with Gasteiger partial charge in [-0.2, -0.15) is 65.9 Å². The quantitative estimate of drug-likeness (QED) is 0.0933. The van der Waals surface area contributed by atoms with Crippen LogP contribution in [0.4, 0.5) is 65.9 Å². The Bertz CT molecular complexity index is 1310. The van der Waals surface area contributed by atoms with E-state index in [4.69, 9.17) is 4.74 Å². The molecule has 0 aliphatic rings. The lowest BCUT2D eigenvalue weighted by Crippen LogP contribution is -2.73. The van der Waals surface area contributed by atoms with Crippen LogP contribution in [-0.4, -0.2) is 60.9 Å². The van der Waals surface area contributed by atoms with Crippen molar-refractivity contribution in [3.63, 3.8) is 0 Å². The molecule has 0 aliphatic heterocycles. The van der Waals surface area contributed by atoms with E-state index < -0.39 is 59.9 Å². The SMILES string of the molecule is CCCCCCCCOc1ccc(-c2ccc(C(=O)OCC(F)(F)C(F)(F)C(F)(F)C(F)(F)C(F)(F)C(F)(F)C(F)(F)F)cc2)cc1. The first-order valence-electron chi connectivity index (χ1n) is 13.7. The minimum Gasteiger partial charge on any atom is -0.494 e. The van der Waals surface area contributed by atoms with Gasteiger partial charge >= 0.3 is 47.7 Å². The highest BCUT2D eigenvalue weighted by molar-refractivity contribution is 5.90. The Kier molecular flexibility index (Phi) is 12.2. The number of halogens is 15. The maximum atomic E-state index is 14.0. The number of hydrogen-bond donors (Lipinski definition) is 0. The molecule has 0 spiro atoms. The Morgan fingerprint density at radius 1 is 0.553 bits per heavy atom. The van der Waals surface area contributed by atoms with E-state index in [0.717, 1.165) is 50.7 Å². The summed E-state index contributed by atoms with van der Waals surface area (Å²) in [5, 5.41) is 0. The molecular weight excluding hydrogens is 681 g/mol. The van der Waals surface area contributed by atoms with Crippen LogP contribution in [-0.2, 0) is 4.74 Å². The van der Waals surface area contributed by atoms with E-state index in [0.29, 0.717) is 23.5 Å². The van der Waals surface area contributed by atoms with Gasteiger partial charge in [-0.1, -0.05) is 63.3 Å². The van der Waals surface area contributed by atoms with Crippen LogP contribution in [0.25, 0.3) is 11.1 Å². The second-order valence-electron chi connectivity index (χ2n) is 10.4. The Labute approximate surface area is 258 Å². The first kappa shape index (κ1) is 39.8. The maximum absolute atomic E-state index is 14.0. The molecule has 2 rings (SSSR count). The Morgan fingerprint density at radius 3 is 1.47 bits per heavy atom. The number of alkyl halides is 15. The molecule has 0 saturated heterocycles. The summed E-state index contributed by atoms with van der Waals surface area (Å²) in [6.45, 7) is -0.618.